The monoisotopic (exact) mass is 376 g/mol. The fraction of sp³-hybridized carbons (Fsp3) is 0.318. The Morgan fingerprint density at radius 3 is 2.46 bits per heavy atom. The van der Waals surface area contributed by atoms with Crippen LogP contribution in [0.2, 0.25) is 0 Å². The maximum atomic E-state index is 13.2. The maximum absolute atomic E-state index is 13.2. The Balaban J connectivity index is 1.69. The first kappa shape index (κ1) is 18.2. The van der Waals surface area contributed by atoms with Crippen LogP contribution in [0.1, 0.15) is 31.1 Å². The number of anilines is 2. The van der Waals surface area contributed by atoms with Crippen LogP contribution in [0.5, 0.6) is 0 Å². The smallest absolute Gasteiger partial charge is 0.231 e. The Hall–Kier alpha value is -3.15. The lowest BCUT2D eigenvalue weighted by Crippen LogP contribution is -2.36. The molecule has 3 aromatic rings. The van der Waals surface area contributed by atoms with Gasteiger partial charge >= 0.3 is 0 Å². The lowest BCUT2D eigenvalue weighted by Gasteiger charge is -2.26. The van der Waals surface area contributed by atoms with Gasteiger partial charge in [-0.15, -0.1) is 0 Å². The molecule has 6 heteroatoms. The molecular formula is C22H24N4O2. The molecule has 0 saturated heterocycles. The lowest BCUT2D eigenvalue weighted by atomic mass is 10.1. The van der Waals surface area contributed by atoms with Crippen molar-refractivity contribution >= 4 is 17.3 Å². The fourth-order valence-electron chi connectivity index (χ4n) is 3.60. The van der Waals surface area contributed by atoms with Gasteiger partial charge in [-0.3, -0.25) is 4.79 Å². The number of nitrogens with zero attached hydrogens (tertiary/aromatic N) is 4. The molecular weight excluding hydrogens is 352 g/mol. The Kier molecular flexibility index (Phi) is 5.10. The Morgan fingerprint density at radius 1 is 1.04 bits per heavy atom. The van der Waals surface area contributed by atoms with Gasteiger partial charge in [0, 0.05) is 13.0 Å². The normalized spacial score (nSPS) is 16.8. The highest BCUT2D eigenvalue weighted by Gasteiger charge is 2.31. The van der Waals surface area contributed by atoms with Crippen molar-refractivity contribution in [2.24, 2.45) is 5.92 Å². The summed E-state index contributed by atoms with van der Waals surface area (Å²) in [6.07, 6.45) is 0.712. The number of fused-ring (bicyclic) bond motifs is 1. The summed E-state index contributed by atoms with van der Waals surface area (Å²) in [4.78, 5) is 21.7. The van der Waals surface area contributed by atoms with Crippen LogP contribution in [-0.2, 0) is 24.3 Å². The zero-order valence-corrected chi connectivity index (χ0v) is 16.2. The average Bonchev–Trinajstić information content (AvgIpc) is 3.16. The highest BCUT2D eigenvalue weighted by Crippen LogP contribution is 2.35. The van der Waals surface area contributed by atoms with Crippen LogP contribution in [0.4, 0.5) is 11.4 Å². The van der Waals surface area contributed by atoms with Crippen LogP contribution in [0.15, 0.2) is 59.1 Å². The minimum absolute atomic E-state index is 0.126. The van der Waals surface area contributed by atoms with Crippen LogP contribution < -0.4 is 9.80 Å². The number of aromatic nitrogens is 2. The van der Waals surface area contributed by atoms with Gasteiger partial charge in [0.25, 0.3) is 0 Å². The van der Waals surface area contributed by atoms with E-state index in [9.17, 15) is 4.79 Å². The third kappa shape index (κ3) is 3.63. The molecule has 1 amide bonds. The number of aryl methyl sites for hydroxylation is 1. The molecule has 28 heavy (non-hydrogen) atoms. The van der Waals surface area contributed by atoms with Crippen molar-refractivity contribution in [2.45, 2.75) is 33.4 Å². The van der Waals surface area contributed by atoms with Gasteiger partial charge < -0.3 is 14.3 Å². The van der Waals surface area contributed by atoms with Gasteiger partial charge in [-0.25, -0.2) is 0 Å². The van der Waals surface area contributed by atoms with E-state index >= 15 is 0 Å². The van der Waals surface area contributed by atoms with Crippen molar-refractivity contribution < 1.29 is 9.32 Å². The van der Waals surface area contributed by atoms with Crippen LogP contribution in [0.25, 0.3) is 0 Å². The zero-order valence-electron chi connectivity index (χ0n) is 16.2. The summed E-state index contributed by atoms with van der Waals surface area (Å²) < 4.78 is 5.26. The van der Waals surface area contributed by atoms with Crippen LogP contribution in [-0.4, -0.2) is 22.6 Å². The van der Waals surface area contributed by atoms with Crippen molar-refractivity contribution in [1.82, 2.24) is 10.1 Å². The summed E-state index contributed by atoms with van der Waals surface area (Å²) in [5, 5.41) is 4.09. The van der Waals surface area contributed by atoms with Gasteiger partial charge in [0.05, 0.1) is 30.4 Å². The number of benzene rings is 2. The number of hydrogen-bond acceptors (Lipinski definition) is 5. The molecule has 0 aliphatic carbocycles. The minimum Gasteiger partial charge on any atom is -0.361 e. The van der Waals surface area contributed by atoms with Gasteiger partial charge in [0.2, 0.25) is 11.8 Å². The third-order valence-electron chi connectivity index (χ3n) is 5.02. The van der Waals surface area contributed by atoms with Crippen LogP contribution in [0, 0.1) is 5.92 Å². The molecule has 1 aromatic heterocycles. The molecule has 1 aliphatic heterocycles. The van der Waals surface area contributed by atoms with Crippen molar-refractivity contribution in [2.75, 3.05) is 16.3 Å². The van der Waals surface area contributed by atoms with Crippen molar-refractivity contribution in [1.29, 1.82) is 0 Å². The Labute approximate surface area is 164 Å². The highest BCUT2D eigenvalue weighted by molar-refractivity contribution is 5.99. The van der Waals surface area contributed by atoms with Crippen molar-refractivity contribution in [3.63, 3.8) is 0 Å². The second-order valence-corrected chi connectivity index (χ2v) is 7.14. The highest BCUT2D eigenvalue weighted by atomic mass is 16.5. The molecule has 0 saturated carbocycles. The SMILES string of the molecule is CCc1nc(CN2CC(C)C(=O)N(Cc3ccccc3)c3ccccc32)no1. The van der Waals surface area contributed by atoms with Crippen LogP contribution in [0.3, 0.4) is 0 Å². The van der Waals surface area contributed by atoms with E-state index in [1.165, 1.54) is 0 Å². The van der Waals surface area contributed by atoms with Crippen molar-refractivity contribution in [3.8, 4) is 0 Å². The van der Waals surface area contributed by atoms with E-state index in [2.05, 4.69) is 33.2 Å². The maximum Gasteiger partial charge on any atom is 0.231 e. The molecule has 6 nitrogen and oxygen atoms in total. The Bertz CT molecular complexity index is 954. The van der Waals surface area contributed by atoms with Crippen molar-refractivity contribution in [3.05, 3.63) is 71.9 Å². The molecule has 0 radical (unpaired) electrons. The average molecular weight is 376 g/mol. The first-order valence-electron chi connectivity index (χ1n) is 9.66. The fourth-order valence-corrected chi connectivity index (χ4v) is 3.60. The number of carbonyl (C=O) groups is 1. The molecule has 1 unspecified atom stereocenters. The largest absolute Gasteiger partial charge is 0.361 e. The number of hydrogen-bond donors (Lipinski definition) is 0. The van der Waals surface area contributed by atoms with E-state index in [-0.39, 0.29) is 11.8 Å². The van der Waals surface area contributed by atoms with E-state index < -0.39 is 0 Å². The second-order valence-electron chi connectivity index (χ2n) is 7.14. The molecule has 0 N–H and O–H groups in total. The molecule has 1 aliphatic rings. The second kappa shape index (κ2) is 7.84. The summed E-state index contributed by atoms with van der Waals surface area (Å²) in [6, 6.07) is 18.1. The molecule has 0 bridgehead atoms. The first-order chi connectivity index (χ1) is 13.7. The Morgan fingerprint density at radius 2 is 1.75 bits per heavy atom. The van der Waals surface area contributed by atoms with Gasteiger partial charge in [0.15, 0.2) is 5.82 Å². The molecule has 144 valence electrons. The molecule has 0 fully saturated rings. The summed E-state index contributed by atoms with van der Waals surface area (Å²) in [6.45, 7) is 5.64. The van der Waals surface area contributed by atoms with Gasteiger partial charge in [0.1, 0.15) is 0 Å². The lowest BCUT2D eigenvalue weighted by molar-refractivity contribution is -0.121. The standard InChI is InChI=1S/C22H24N4O2/c1-3-21-23-20(24-28-21)15-25-13-16(2)22(27)26(14-17-9-5-4-6-10-17)19-12-8-7-11-18(19)25/h4-12,16H,3,13-15H2,1-2H3. The van der Waals surface area contributed by atoms with Gasteiger partial charge in [-0.2, -0.15) is 4.98 Å². The summed E-state index contributed by atoms with van der Waals surface area (Å²) in [5.74, 6) is 1.26. The topological polar surface area (TPSA) is 62.5 Å². The zero-order chi connectivity index (χ0) is 19.5. The number of para-hydroxylation sites is 2. The number of rotatable bonds is 5. The predicted molar refractivity (Wildman–Crippen MR) is 108 cm³/mol. The van der Waals surface area contributed by atoms with Gasteiger partial charge in [-0.1, -0.05) is 61.5 Å². The molecule has 0 spiro atoms. The first-order valence-corrected chi connectivity index (χ1v) is 9.66. The molecule has 2 aromatic carbocycles. The quantitative estimate of drug-likeness (QED) is 0.677. The summed E-state index contributed by atoms with van der Waals surface area (Å²) in [7, 11) is 0. The summed E-state index contributed by atoms with van der Waals surface area (Å²) >= 11 is 0. The molecule has 4 rings (SSSR count). The van der Waals surface area contributed by atoms with E-state index in [1.54, 1.807) is 0 Å². The van der Waals surface area contributed by atoms with E-state index in [4.69, 9.17) is 4.52 Å². The molecule has 1 atom stereocenters. The van der Waals surface area contributed by atoms with Crippen LogP contribution >= 0.6 is 0 Å². The molecule has 2 heterocycles. The number of carbonyl (C=O) groups excluding carboxylic acids is 1. The third-order valence-corrected chi connectivity index (χ3v) is 5.02. The summed E-state index contributed by atoms with van der Waals surface area (Å²) in [5.41, 5.74) is 3.04. The number of amides is 1. The van der Waals surface area contributed by atoms with Gasteiger partial charge in [-0.05, 0) is 17.7 Å². The predicted octanol–water partition coefficient (Wildman–Crippen LogP) is 3.82. The minimum atomic E-state index is -0.145. The van der Waals surface area contributed by atoms with E-state index in [1.807, 2.05) is 55.1 Å². The van der Waals surface area contributed by atoms with E-state index in [0.717, 1.165) is 16.9 Å². The van der Waals surface area contributed by atoms with E-state index in [0.29, 0.717) is 37.8 Å².